The molecule has 5 nitrogen and oxygen atoms in total. The summed E-state index contributed by atoms with van der Waals surface area (Å²) in [5.41, 5.74) is 1.49. The third-order valence-electron chi connectivity index (χ3n) is 4.19. The summed E-state index contributed by atoms with van der Waals surface area (Å²) in [6.07, 6.45) is 2.48. The summed E-state index contributed by atoms with van der Waals surface area (Å²) in [6, 6.07) is 5.64. The molecule has 2 amide bonds. The predicted octanol–water partition coefficient (Wildman–Crippen LogP) is 3.25. The van der Waals surface area contributed by atoms with Crippen LogP contribution in [0.2, 0.25) is 0 Å². The molecule has 1 aliphatic heterocycles. The third kappa shape index (κ3) is 3.42. The minimum atomic E-state index is -0.274. The molecular formula is C17H19BrN2O3. The van der Waals surface area contributed by atoms with E-state index in [-0.39, 0.29) is 11.8 Å². The second kappa shape index (κ2) is 6.74. The number of benzene rings is 1. The molecule has 0 unspecified atom stereocenters. The summed E-state index contributed by atoms with van der Waals surface area (Å²) in [5, 5.41) is 3.69. The van der Waals surface area contributed by atoms with E-state index in [1.54, 1.807) is 0 Å². The number of hydrogen-bond donors (Lipinski definition) is 1. The van der Waals surface area contributed by atoms with Crippen molar-refractivity contribution in [1.82, 2.24) is 10.2 Å². The molecule has 1 saturated heterocycles. The van der Waals surface area contributed by atoms with Gasteiger partial charge in [-0.05, 0) is 38.0 Å². The highest BCUT2D eigenvalue weighted by Gasteiger charge is 2.20. The van der Waals surface area contributed by atoms with Crippen LogP contribution in [-0.2, 0) is 4.79 Å². The molecule has 3 rings (SSSR count). The Morgan fingerprint density at radius 3 is 2.78 bits per heavy atom. The minimum absolute atomic E-state index is 0.105. The highest BCUT2D eigenvalue weighted by Crippen LogP contribution is 2.27. The first kappa shape index (κ1) is 16.1. The molecule has 0 radical (unpaired) electrons. The number of hydrogen-bond acceptors (Lipinski definition) is 3. The van der Waals surface area contributed by atoms with E-state index in [9.17, 15) is 9.59 Å². The van der Waals surface area contributed by atoms with Crippen molar-refractivity contribution in [2.24, 2.45) is 0 Å². The van der Waals surface area contributed by atoms with E-state index < -0.39 is 0 Å². The summed E-state index contributed by atoms with van der Waals surface area (Å²) < 4.78 is 6.59. The topological polar surface area (TPSA) is 62.6 Å². The van der Waals surface area contributed by atoms with Crippen molar-refractivity contribution in [3.8, 4) is 0 Å². The van der Waals surface area contributed by atoms with Gasteiger partial charge < -0.3 is 14.6 Å². The number of likely N-dealkylation sites (tertiary alicyclic amines) is 1. The first-order valence-corrected chi connectivity index (χ1v) is 8.60. The van der Waals surface area contributed by atoms with Crippen molar-refractivity contribution in [1.29, 1.82) is 0 Å². The smallest absolute Gasteiger partial charge is 0.287 e. The lowest BCUT2D eigenvalue weighted by molar-refractivity contribution is -0.129. The maximum Gasteiger partial charge on any atom is 0.287 e. The summed E-state index contributed by atoms with van der Waals surface area (Å²) >= 11 is 3.42. The molecular weight excluding hydrogens is 360 g/mol. The number of rotatable bonds is 4. The van der Waals surface area contributed by atoms with Gasteiger partial charge in [-0.2, -0.15) is 0 Å². The van der Waals surface area contributed by atoms with Crippen molar-refractivity contribution >= 4 is 38.7 Å². The predicted molar refractivity (Wildman–Crippen MR) is 91.4 cm³/mol. The number of furan rings is 1. The van der Waals surface area contributed by atoms with Gasteiger partial charge in [-0.3, -0.25) is 9.59 Å². The lowest BCUT2D eigenvalue weighted by Gasteiger charge is -2.14. The highest BCUT2D eigenvalue weighted by molar-refractivity contribution is 9.10. The molecule has 0 saturated carbocycles. The van der Waals surface area contributed by atoms with Gasteiger partial charge in [0.15, 0.2) is 5.76 Å². The molecule has 1 N–H and O–H groups in total. The first-order valence-electron chi connectivity index (χ1n) is 7.81. The normalized spacial score (nSPS) is 14.4. The molecule has 1 aromatic carbocycles. The van der Waals surface area contributed by atoms with Crippen LogP contribution in [0.15, 0.2) is 27.1 Å². The Morgan fingerprint density at radius 1 is 1.30 bits per heavy atom. The lowest BCUT2D eigenvalue weighted by Crippen LogP contribution is -2.32. The minimum Gasteiger partial charge on any atom is -0.451 e. The second-order valence-electron chi connectivity index (χ2n) is 5.79. The molecule has 0 spiro atoms. The van der Waals surface area contributed by atoms with Crippen molar-refractivity contribution < 1.29 is 14.0 Å². The molecule has 0 aliphatic carbocycles. The maximum atomic E-state index is 12.3. The van der Waals surface area contributed by atoms with Gasteiger partial charge in [0, 0.05) is 41.5 Å². The van der Waals surface area contributed by atoms with Crippen LogP contribution in [0.5, 0.6) is 0 Å². The Hall–Kier alpha value is -1.82. The molecule has 1 aromatic heterocycles. The van der Waals surface area contributed by atoms with E-state index in [0.29, 0.717) is 24.3 Å². The maximum absolute atomic E-state index is 12.3. The SMILES string of the molecule is Cc1c(C(=O)NCCC(=O)N2CCCC2)oc2ccc(Br)cc12. The zero-order chi connectivity index (χ0) is 16.4. The van der Waals surface area contributed by atoms with Gasteiger partial charge in [0.05, 0.1) is 0 Å². The number of halogens is 1. The summed E-state index contributed by atoms with van der Waals surface area (Å²) in [7, 11) is 0. The summed E-state index contributed by atoms with van der Waals surface area (Å²) in [4.78, 5) is 26.1. The monoisotopic (exact) mass is 378 g/mol. The molecule has 23 heavy (non-hydrogen) atoms. The number of fused-ring (bicyclic) bond motifs is 1. The van der Waals surface area contributed by atoms with Crippen molar-refractivity contribution in [2.75, 3.05) is 19.6 Å². The molecule has 122 valence electrons. The third-order valence-corrected chi connectivity index (χ3v) is 4.68. The van der Waals surface area contributed by atoms with Gasteiger partial charge in [-0.15, -0.1) is 0 Å². The van der Waals surface area contributed by atoms with Gasteiger partial charge in [-0.1, -0.05) is 15.9 Å². The van der Waals surface area contributed by atoms with Crippen molar-refractivity contribution in [3.63, 3.8) is 0 Å². The van der Waals surface area contributed by atoms with Gasteiger partial charge >= 0.3 is 0 Å². The number of aryl methyl sites for hydroxylation is 1. The second-order valence-corrected chi connectivity index (χ2v) is 6.71. The van der Waals surface area contributed by atoms with Gasteiger partial charge in [0.2, 0.25) is 5.91 Å². The average Bonchev–Trinajstić information content (AvgIpc) is 3.16. The van der Waals surface area contributed by atoms with Crippen LogP contribution in [0.25, 0.3) is 11.0 Å². The van der Waals surface area contributed by atoms with E-state index in [1.807, 2.05) is 30.0 Å². The van der Waals surface area contributed by atoms with E-state index in [1.165, 1.54) is 0 Å². The van der Waals surface area contributed by atoms with Crippen LogP contribution in [0.1, 0.15) is 35.4 Å². The zero-order valence-corrected chi connectivity index (χ0v) is 14.6. The van der Waals surface area contributed by atoms with Crippen molar-refractivity contribution in [3.05, 3.63) is 34.0 Å². The Bertz CT molecular complexity index is 748. The quantitative estimate of drug-likeness (QED) is 0.887. The highest BCUT2D eigenvalue weighted by atomic mass is 79.9. The molecule has 2 aromatic rings. The number of carbonyl (C=O) groups excluding carboxylic acids is 2. The Labute approximate surface area is 143 Å². The van der Waals surface area contributed by atoms with E-state index in [0.717, 1.165) is 41.4 Å². The molecule has 2 heterocycles. The molecule has 1 fully saturated rings. The number of nitrogens with zero attached hydrogens (tertiary/aromatic N) is 1. The number of nitrogens with one attached hydrogen (secondary N) is 1. The first-order chi connectivity index (χ1) is 11.1. The summed E-state index contributed by atoms with van der Waals surface area (Å²) in [5.74, 6) is 0.142. The fourth-order valence-electron chi connectivity index (χ4n) is 2.90. The van der Waals surface area contributed by atoms with Crippen LogP contribution in [0.3, 0.4) is 0 Å². The van der Waals surface area contributed by atoms with E-state index in [2.05, 4.69) is 21.2 Å². The largest absolute Gasteiger partial charge is 0.451 e. The molecule has 6 heteroatoms. The van der Waals surface area contributed by atoms with Crippen LogP contribution in [0, 0.1) is 6.92 Å². The van der Waals surface area contributed by atoms with Crippen LogP contribution in [-0.4, -0.2) is 36.3 Å². The van der Waals surface area contributed by atoms with Crippen LogP contribution in [0.4, 0.5) is 0 Å². The summed E-state index contributed by atoms with van der Waals surface area (Å²) in [6.45, 7) is 3.87. The number of carbonyl (C=O) groups is 2. The fourth-order valence-corrected chi connectivity index (χ4v) is 3.26. The van der Waals surface area contributed by atoms with E-state index >= 15 is 0 Å². The molecule has 0 atom stereocenters. The van der Waals surface area contributed by atoms with Crippen molar-refractivity contribution in [2.45, 2.75) is 26.2 Å². The lowest BCUT2D eigenvalue weighted by atomic mass is 10.1. The van der Waals surface area contributed by atoms with Gasteiger partial charge in [0.25, 0.3) is 5.91 Å². The van der Waals surface area contributed by atoms with Gasteiger partial charge in [0.1, 0.15) is 5.58 Å². The fraction of sp³-hybridized carbons (Fsp3) is 0.412. The Balaban J connectivity index is 1.62. The average molecular weight is 379 g/mol. The van der Waals surface area contributed by atoms with Gasteiger partial charge in [-0.25, -0.2) is 0 Å². The molecule has 1 aliphatic rings. The van der Waals surface area contributed by atoms with Crippen LogP contribution >= 0.6 is 15.9 Å². The van der Waals surface area contributed by atoms with Crippen LogP contribution < -0.4 is 5.32 Å². The zero-order valence-electron chi connectivity index (χ0n) is 13.0. The Kier molecular flexibility index (Phi) is 4.71. The van der Waals surface area contributed by atoms with E-state index in [4.69, 9.17) is 4.42 Å². The molecule has 0 bridgehead atoms. The number of amides is 2. The Morgan fingerprint density at radius 2 is 2.04 bits per heavy atom. The standard InChI is InChI=1S/C17H19BrN2O3/c1-11-13-10-12(18)4-5-14(13)23-16(11)17(22)19-7-6-15(21)20-8-2-3-9-20/h4-5,10H,2-3,6-9H2,1H3,(H,19,22).